The molecule has 1 saturated carbocycles. The Morgan fingerprint density at radius 3 is 1.69 bits per heavy atom. The lowest BCUT2D eigenvalue weighted by molar-refractivity contribution is -0.0475. The van der Waals surface area contributed by atoms with Crippen LogP contribution in [0.25, 0.3) is 0 Å². The zero-order chi connectivity index (χ0) is 9.73. The van der Waals surface area contributed by atoms with Gasteiger partial charge in [-0.15, -0.1) is 0 Å². The van der Waals surface area contributed by atoms with Gasteiger partial charge in [-0.3, -0.25) is 0 Å². The highest BCUT2D eigenvalue weighted by molar-refractivity contribution is 4.81. The summed E-state index contributed by atoms with van der Waals surface area (Å²) in [5.41, 5.74) is 5.63. The zero-order valence-electron chi connectivity index (χ0n) is 7.86. The summed E-state index contributed by atoms with van der Waals surface area (Å²) in [5.74, 6) is -2.39. The summed E-state index contributed by atoms with van der Waals surface area (Å²) in [6.45, 7) is -0.264. The lowest BCUT2D eigenvalue weighted by Gasteiger charge is -2.25. The monoisotopic (exact) mass is 192 g/mol. The van der Waals surface area contributed by atoms with Crippen molar-refractivity contribution in [2.75, 3.05) is 13.1 Å². The number of halogens is 2. The molecule has 0 bridgehead atoms. The van der Waals surface area contributed by atoms with Crippen LogP contribution in [0.4, 0.5) is 8.78 Å². The summed E-state index contributed by atoms with van der Waals surface area (Å²) in [6, 6.07) is 0.536. The van der Waals surface area contributed by atoms with Gasteiger partial charge in [0.05, 0.1) is 13.1 Å². The van der Waals surface area contributed by atoms with E-state index in [-0.39, 0.29) is 13.1 Å². The first kappa shape index (κ1) is 10.9. The molecule has 0 aromatic rings. The van der Waals surface area contributed by atoms with Crippen LogP contribution in [0.15, 0.2) is 0 Å². The summed E-state index contributed by atoms with van der Waals surface area (Å²) in [6.07, 6.45) is 6.66. The fraction of sp³-hybridized carbons (Fsp3) is 1.00. The van der Waals surface area contributed by atoms with Crippen LogP contribution >= 0.6 is 0 Å². The largest absolute Gasteiger partial charge is 0.328 e. The van der Waals surface area contributed by atoms with Crippen LogP contribution in [0.1, 0.15) is 32.1 Å². The highest BCUT2D eigenvalue weighted by atomic mass is 19.3. The molecule has 2 aliphatic rings. The predicted molar refractivity (Wildman–Crippen MR) is 48.9 cm³/mol. The average Bonchev–Trinajstić information content (AvgIpc) is 2.04. The minimum absolute atomic E-state index is 0.132. The maximum atomic E-state index is 11.5. The van der Waals surface area contributed by atoms with E-state index in [1.54, 1.807) is 0 Å². The van der Waals surface area contributed by atoms with E-state index in [4.69, 9.17) is 5.73 Å². The normalized spacial score (nSPS) is 27.0. The van der Waals surface area contributed by atoms with Crippen molar-refractivity contribution in [2.45, 2.75) is 44.1 Å². The third-order valence-corrected chi connectivity index (χ3v) is 2.42. The topological polar surface area (TPSA) is 38.0 Å². The Labute approximate surface area is 77.9 Å². The summed E-state index contributed by atoms with van der Waals surface area (Å²) in [7, 11) is 0. The van der Waals surface area contributed by atoms with Crippen molar-refractivity contribution in [3.63, 3.8) is 0 Å². The Hall–Kier alpha value is -0.220. The Kier molecular flexibility index (Phi) is 4.06. The van der Waals surface area contributed by atoms with Crippen molar-refractivity contribution in [1.29, 1.82) is 0 Å². The van der Waals surface area contributed by atoms with Gasteiger partial charge in [0.2, 0.25) is 0 Å². The number of hydrogen-bond donors (Lipinski definition) is 2. The van der Waals surface area contributed by atoms with E-state index in [1.807, 2.05) is 0 Å². The van der Waals surface area contributed by atoms with Gasteiger partial charge in [0.25, 0.3) is 5.92 Å². The Morgan fingerprint density at radius 2 is 1.54 bits per heavy atom. The maximum absolute atomic E-state index is 11.5. The molecule has 2 rings (SSSR count). The number of rotatable bonds is 0. The molecular weight excluding hydrogens is 174 g/mol. The third-order valence-electron chi connectivity index (χ3n) is 2.42. The van der Waals surface area contributed by atoms with Gasteiger partial charge in [-0.25, -0.2) is 8.78 Å². The van der Waals surface area contributed by atoms with Crippen LogP contribution in [-0.2, 0) is 0 Å². The molecule has 0 atom stereocenters. The molecule has 1 aliphatic carbocycles. The average molecular weight is 192 g/mol. The highest BCUT2D eigenvalue weighted by Gasteiger charge is 2.36. The van der Waals surface area contributed by atoms with E-state index in [0.717, 1.165) is 0 Å². The van der Waals surface area contributed by atoms with Crippen molar-refractivity contribution < 1.29 is 8.78 Å². The van der Waals surface area contributed by atoms with E-state index < -0.39 is 5.92 Å². The van der Waals surface area contributed by atoms with Crippen LogP contribution in [0.5, 0.6) is 0 Å². The van der Waals surface area contributed by atoms with Crippen molar-refractivity contribution in [1.82, 2.24) is 5.32 Å². The van der Waals surface area contributed by atoms with Crippen LogP contribution in [0.3, 0.4) is 0 Å². The van der Waals surface area contributed by atoms with Gasteiger partial charge in [-0.1, -0.05) is 19.3 Å². The zero-order valence-corrected chi connectivity index (χ0v) is 7.86. The third kappa shape index (κ3) is 4.52. The summed E-state index contributed by atoms with van der Waals surface area (Å²) in [4.78, 5) is 0. The van der Waals surface area contributed by atoms with Crippen LogP contribution in [0, 0.1) is 0 Å². The summed E-state index contributed by atoms with van der Waals surface area (Å²) < 4.78 is 23.0. The SMILES string of the molecule is FC1(F)CNC1.NC1CCCCC1. The van der Waals surface area contributed by atoms with Crippen LogP contribution in [0.2, 0.25) is 0 Å². The van der Waals surface area contributed by atoms with Gasteiger partial charge < -0.3 is 11.1 Å². The molecule has 3 N–H and O–H groups in total. The van der Waals surface area contributed by atoms with Crippen LogP contribution in [-0.4, -0.2) is 25.1 Å². The van der Waals surface area contributed by atoms with Crippen molar-refractivity contribution in [3.8, 4) is 0 Å². The summed E-state index contributed by atoms with van der Waals surface area (Å²) in [5, 5.41) is 2.45. The quantitative estimate of drug-likeness (QED) is 0.610. The lowest BCUT2D eigenvalue weighted by atomic mass is 9.97. The standard InChI is InChI=1S/C6H13N.C3H5F2N/c7-6-4-2-1-3-5-6;4-3(5)1-6-2-3/h6H,1-5,7H2;6H,1-2H2. The minimum atomic E-state index is -2.39. The second-order valence-corrected chi connectivity index (χ2v) is 3.86. The second kappa shape index (κ2) is 4.86. The van der Waals surface area contributed by atoms with Gasteiger partial charge in [-0.2, -0.15) is 0 Å². The first-order valence-corrected chi connectivity index (χ1v) is 4.94. The summed E-state index contributed by atoms with van der Waals surface area (Å²) >= 11 is 0. The van der Waals surface area contributed by atoms with Crippen LogP contribution < -0.4 is 11.1 Å². The smallest absolute Gasteiger partial charge is 0.272 e. The number of hydrogen-bond acceptors (Lipinski definition) is 2. The number of nitrogens with two attached hydrogens (primary N) is 1. The molecule has 2 fully saturated rings. The first-order chi connectivity index (χ1) is 6.10. The van der Waals surface area contributed by atoms with E-state index in [9.17, 15) is 8.78 Å². The van der Waals surface area contributed by atoms with Gasteiger partial charge in [0.1, 0.15) is 0 Å². The molecule has 0 aromatic carbocycles. The molecule has 1 aliphatic heterocycles. The van der Waals surface area contributed by atoms with Crippen molar-refractivity contribution in [2.24, 2.45) is 5.73 Å². The van der Waals surface area contributed by atoms with E-state index in [1.165, 1.54) is 32.1 Å². The molecule has 0 aromatic heterocycles. The van der Waals surface area contributed by atoms with Gasteiger partial charge >= 0.3 is 0 Å². The minimum Gasteiger partial charge on any atom is -0.328 e. The molecule has 4 heteroatoms. The fourth-order valence-corrected chi connectivity index (χ4v) is 1.45. The Balaban J connectivity index is 0.000000132. The lowest BCUT2D eigenvalue weighted by Crippen LogP contribution is -2.52. The molecule has 1 saturated heterocycles. The Morgan fingerprint density at radius 1 is 1.08 bits per heavy atom. The van der Waals surface area contributed by atoms with E-state index >= 15 is 0 Å². The molecule has 78 valence electrons. The molecular formula is C9H18F2N2. The molecule has 0 amide bonds. The number of alkyl halides is 2. The molecule has 0 unspecified atom stereocenters. The first-order valence-electron chi connectivity index (χ1n) is 4.94. The van der Waals surface area contributed by atoms with Gasteiger partial charge in [0, 0.05) is 6.04 Å². The van der Waals surface area contributed by atoms with E-state index in [0.29, 0.717) is 6.04 Å². The van der Waals surface area contributed by atoms with Gasteiger partial charge in [-0.05, 0) is 12.8 Å². The van der Waals surface area contributed by atoms with Gasteiger partial charge in [0.15, 0.2) is 0 Å². The second-order valence-electron chi connectivity index (χ2n) is 3.86. The van der Waals surface area contributed by atoms with Crippen molar-refractivity contribution >= 4 is 0 Å². The molecule has 2 nitrogen and oxygen atoms in total. The maximum Gasteiger partial charge on any atom is 0.272 e. The van der Waals surface area contributed by atoms with E-state index in [2.05, 4.69) is 5.32 Å². The van der Waals surface area contributed by atoms with Crippen molar-refractivity contribution in [3.05, 3.63) is 0 Å². The number of nitrogens with one attached hydrogen (secondary N) is 1. The molecule has 0 spiro atoms. The molecule has 1 heterocycles. The fourth-order valence-electron chi connectivity index (χ4n) is 1.45. The highest BCUT2D eigenvalue weighted by Crippen LogP contribution is 2.16. The molecule has 0 radical (unpaired) electrons. The Bertz CT molecular complexity index is 139. The molecule has 13 heavy (non-hydrogen) atoms. The predicted octanol–water partition coefficient (Wildman–Crippen LogP) is 1.50.